The Kier molecular flexibility index (Phi) is 13.7. The minimum atomic E-state index is -0.731. The van der Waals surface area contributed by atoms with Crippen molar-refractivity contribution in [1.29, 1.82) is 0 Å². The zero-order valence-electron chi connectivity index (χ0n) is 12.9. The van der Waals surface area contributed by atoms with E-state index in [2.05, 4.69) is 25.2 Å². The van der Waals surface area contributed by atoms with Gasteiger partial charge >= 0.3 is 5.97 Å². The first-order valence-electron chi connectivity index (χ1n) is 7.70. The highest BCUT2D eigenvalue weighted by atomic mass is 16.4. The van der Waals surface area contributed by atoms with Crippen LogP contribution in [0.25, 0.3) is 0 Å². The maximum absolute atomic E-state index is 10.3. The van der Waals surface area contributed by atoms with Gasteiger partial charge in [-0.1, -0.05) is 55.5 Å². The number of aliphatic hydroxyl groups is 1. The van der Waals surface area contributed by atoms with E-state index in [9.17, 15) is 9.90 Å². The fourth-order valence-corrected chi connectivity index (χ4v) is 1.65. The summed E-state index contributed by atoms with van der Waals surface area (Å²) in [6.45, 7) is 2.07. The van der Waals surface area contributed by atoms with Crippen LogP contribution in [0, 0.1) is 0 Å². The molecule has 118 valence electrons. The number of hydrogen-bond acceptors (Lipinski definition) is 2. The first kappa shape index (κ1) is 19.4. The molecule has 0 aromatic carbocycles. The molecule has 0 rings (SSSR count). The van der Waals surface area contributed by atoms with Gasteiger partial charge in [0.1, 0.15) is 0 Å². The number of carboxylic acids is 1. The molecule has 0 bridgehead atoms. The average molecular weight is 292 g/mol. The van der Waals surface area contributed by atoms with Crippen molar-refractivity contribution in [3.8, 4) is 0 Å². The van der Waals surface area contributed by atoms with E-state index >= 15 is 0 Å². The van der Waals surface area contributed by atoms with E-state index < -0.39 is 12.1 Å². The lowest BCUT2D eigenvalue weighted by Crippen LogP contribution is -1.98. The summed E-state index contributed by atoms with van der Waals surface area (Å²) in [6, 6.07) is 0. The van der Waals surface area contributed by atoms with Gasteiger partial charge in [-0.2, -0.15) is 0 Å². The van der Waals surface area contributed by atoms with Gasteiger partial charge in [-0.05, 0) is 38.5 Å². The number of allylic oxidation sites excluding steroid dienone is 6. The molecule has 0 saturated heterocycles. The normalized spacial score (nSPS) is 14.0. The number of hydrogen-bond donors (Lipinski definition) is 2. The number of aliphatic hydroxyl groups excluding tert-OH is 1. The van der Waals surface area contributed by atoms with E-state index in [1.54, 1.807) is 6.08 Å². The summed E-state index contributed by atoms with van der Waals surface area (Å²) in [5.74, 6) is -0.731. The molecule has 0 aliphatic heterocycles. The molecule has 0 radical (unpaired) electrons. The molecule has 0 heterocycles. The summed E-state index contributed by atoms with van der Waals surface area (Å²) in [7, 11) is 0. The van der Waals surface area contributed by atoms with Crippen molar-refractivity contribution in [2.24, 2.45) is 0 Å². The van der Waals surface area contributed by atoms with Crippen molar-refractivity contribution in [3.63, 3.8) is 0 Å². The van der Waals surface area contributed by atoms with Gasteiger partial charge in [-0.25, -0.2) is 0 Å². The van der Waals surface area contributed by atoms with Crippen LogP contribution in [0.5, 0.6) is 0 Å². The van der Waals surface area contributed by atoms with Crippen molar-refractivity contribution in [2.45, 2.75) is 58.0 Å². The molecule has 0 aliphatic rings. The van der Waals surface area contributed by atoms with Crippen molar-refractivity contribution < 1.29 is 15.0 Å². The molecule has 0 fully saturated rings. The molecule has 0 aromatic heterocycles. The zero-order chi connectivity index (χ0) is 15.8. The summed E-state index contributed by atoms with van der Waals surface area (Å²) in [5, 5.41) is 18.1. The third kappa shape index (κ3) is 16.3. The third-order valence-electron chi connectivity index (χ3n) is 2.79. The standard InChI is InChI=1S/C18H28O3/c1-2-3-11-14-17(19)15-12-9-7-5-4-6-8-10-13-16-18(20)21/h3,6-9,11-12,15,17,19H,2,4-5,10,13-14,16H2,1H3,(H,20,21). The number of aliphatic carboxylic acids is 1. The molecule has 2 N–H and O–H groups in total. The molecule has 1 atom stereocenters. The van der Waals surface area contributed by atoms with Gasteiger partial charge in [-0.3, -0.25) is 4.79 Å². The molecule has 1 unspecified atom stereocenters. The monoisotopic (exact) mass is 292 g/mol. The van der Waals surface area contributed by atoms with Crippen LogP contribution in [0.1, 0.15) is 51.9 Å². The maximum Gasteiger partial charge on any atom is 0.303 e. The van der Waals surface area contributed by atoms with E-state index in [1.165, 1.54) is 0 Å². The fraction of sp³-hybridized carbons (Fsp3) is 0.500. The summed E-state index contributed by atoms with van der Waals surface area (Å²) in [6.07, 6.45) is 20.8. The predicted octanol–water partition coefficient (Wildman–Crippen LogP) is 4.41. The highest BCUT2D eigenvalue weighted by Gasteiger charge is 1.93. The topological polar surface area (TPSA) is 57.5 Å². The van der Waals surface area contributed by atoms with Gasteiger partial charge in [0.2, 0.25) is 0 Å². The molecule has 0 spiro atoms. The second kappa shape index (κ2) is 14.8. The molecule has 3 nitrogen and oxygen atoms in total. The molecule has 0 aromatic rings. The molecule has 21 heavy (non-hydrogen) atoms. The second-order valence-corrected chi connectivity index (χ2v) is 4.83. The lowest BCUT2D eigenvalue weighted by atomic mass is 10.2. The van der Waals surface area contributed by atoms with Gasteiger partial charge in [-0.15, -0.1) is 0 Å². The Labute approximate surface area is 128 Å². The van der Waals surface area contributed by atoms with Crippen molar-refractivity contribution >= 4 is 5.97 Å². The third-order valence-corrected chi connectivity index (χ3v) is 2.79. The Hall–Kier alpha value is -1.61. The van der Waals surface area contributed by atoms with Crippen molar-refractivity contribution in [2.75, 3.05) is 0 Å². The number of carbonyl (C=O) groups is 1. The van der Waals surface area contributed by atoms with Crippen LogP contribution < -0.4 is 0 Å². The van der Waals surface area contributed by atoms with Gasteiger partial charge in [0.25, 0.3) is 0 Å². The Balaban J connectivity index is 3.57. The largest absolute Gasteiger partial charge is 0.481 e. The van der Waals surface area contributed by atoms with E-state index in [0.29, 0.717) is 12.8 Å². The highest BCUT2D eigenvalue weighted by Crippen LogP contribution is 2.00. The van der Waals surface area contributed by atoms with Crippen LogP contribution >= 0.6 is 0 Å². The SMILES string of the molecule is CCC=CCC(O)C=CC=CCCC=CCCCC(=O)O. The van der Waals surface area contributed by atoms with E-state index in [1.807, 2.05) is 24.3 Å². The van der Waals surface area contributed by atoms with Gasteiger partial charge in [0, 0.05) is 6.42 Å². The van der Waals surface area contributed by atoms with Gasteiger partial charge in [0.05, 0.1) is 6.10 Å². The minimum Gasteiger partial charge on any atom is -0.481 e. The smallest absolute Gasteiger partial charge is 0.303 e. The summed E-state index contributed by atoms with van der Waals surface area (Å²) < 4.78 is 0. The average Bonchev–Trinajstić information content (AvgIpc) is 2.44. The van der Waals surface area contributed by atoms with E-state index in [0.717, 1.165) is 25.7 Å². The Morgan fingerprint density at radius 3 is 2.43 bits per heavy atom. The Morgan fingerprint density at radius 1 is 1.00 bits per heavy atom. The lowest BCUT2D eigenvalue weighted by molar-refractivity contribution is -0.137. The van der Waals surface area contributed by atoms with Gasteiger partial charge in [0.15, 0.2) is 0 Å². The summed E-state index contributed by atoms with van der Waals surface area (Å²) in [5.41, 5.74) is 0. The Bertz CT molecular complexity index is 365. The molecular weight excluding hydrogens is 264 g/mol. The highest BCUT2D eigenvalue weighted by molar-refractivity contribution is 5.66. The van der Waals surface area contributed by atoms with E-state index in [-0.39, 0.29) is 6.42 Å². The zero-order valence-corrected chi connectivity index (χ0v) is 12.9. The summed E-state index contributed by atoms with van der Waals surface area (Å²) >= 11 is 0. The van der Waals surface area contributed by atoms with Crippen LogP contribution in [0.2, 0.25) is 0 Å². The fourth-order valence-electron chi connectivity index (χ4n) is 1.65. The van der Waals surface area contributed by atoms with Crippen molar-refractivity contribution in [3.05, 3.63) is 48.6 Å². The first-order valence-corrected chi connectivity index (χ1v) is 7.70. The number of unbranched alkanes of at least 4 members (excludes halogenated alkanes) is 2. The van der Waals surface area contributed by atoms with Crippen LogP contribution in [0.4, 0.5) is 0 Å². The van der Waals surface area contributed by atoms with Crippen LogP contribution in [-0.2, 0) is 4.79 Å². The van der Waals surface area contributed by atoms with Crippen LogP contribution in [-0.4, -0.2) is 22.3 Å². The second-order valence-electron chi connectivity index (χ2n) is 4.83. The Morgan fingerprint density at radius 2 is 1.71 bits per heavy atom. The van der Waals surface area contributed by atoms with Gasteiger partial charge < -0.3 is 10.2 Å². The number of rotatable bonds is 12. The molecule has 0 amide bonds. The summed E-state index contributed by atoms with van der Waals surface area (Å²) in [4.78, 5) is 10.3. The van der Waals surface area contributed by atoms with Crippen LogP contribution in [0.3, 0.4) is 0 Å². The van der Waals surface area contributed by atoms with Crippen LogP contribution in [0.15, 0.2) is 48.6 Å². The van der Waals surface area contributed by atoms with E-state index in [4.69, 9.17) is 5.11 Å². The minimum absolute atomic E-state index is 0.241. The first-order chi connectivity index (χ1) is 10.2. The lowest BCUT2D eigenvalue weighted by Gasteiger charge is -1.98. The predicted molar refractivity (Wildman–Crippen MR) is 88.2 cm³/mol. The number of carboxylic acid groups (broad SMARTS) is 1. The quantitative estimate of drug-likeness (QED) is 0.318. The molecular formula is C18H28O3. The van der Waals surface area contributed by atoms with Crippen molar-refractivity contribution in [1.82, 2.24) is 0 Å². The molecule has 3 heteroatoms. The maximum atomic E-state index is 10.3. The molecule has 0 aliphatic carbocycles. The molecule has 0 saturated carbocycles.